The molecule has 1 aromatic carbocycles. The van der Waals surface area contributed by atoms with Crippen LogP contribution in [0.5, 0.6) is 5.75 Å². The van der Waals surface area contributed by atoms with E-state index >= 15 is 0 Å². The maximum atomic E-state index is 5.91. The zero-order valence-corrected chi connectivity index (χ0v) is 9.97. The molecule has 0 spiro atoms. The maximum absolute atomic E-state index is 5.91. The van der Waals surface area contributed by atoms with Crippen molar-refractivity contribution in [2.45, 2.75) is 12.5 Å². The number of halogens is 2. The van der Waals surface area contributed by atoms with Crippen molar-refractivity contribution in [1.82, 2.24) is 0 Å². The zero-order chi connectivity index (χ0) is 8.55. The molecule has 4 heteroatoms. The van der Waals surface area contributed by atoms with Crippen LogP contribution in [0.3, 0.4) is 0 Å². The minimum Gasteiger partial charge on any atom is -0.493 e. The predicted octanol–water partition coefficient (Wildman–Crippen LogP) is 2.50. The summed E-state index contributed by atoms with van der Waals surface area (Å²) in [6.07, 6.45) is 0.924. The van der Waals surface area contributed by atoms with Gasteiger partial charge in [-0.25, -0.2) is 0 Å². The third-order valence-corrected chi connectivity index (χ3v) is 2.73. The van der Waals surface area contributed by atoms with Gasteiger partial charge in [0, 0.05) is 21.6 Å². The zero-order valence-electron chi connectivity index (χ0n) is 7.00. The molecule has 1 atom stereocenters. The molecule has 2 rings (SSSR count). The summed E-state index contributed by atoms with van der Waals surface area (Å²) in [6, 6.07) is 6.31. The molecule has 1 aliphatic rings. The number of rotatable bonds is 0. The van der Waals surface area contributed by atoms with Gasteiger partial charge < -0.3 is 10.5 Å². The van der Waals surface area contributed by atoms with Crippen molar-refractivity contribution >= 4 is 35.0 Å². The summed E-state index contributed by atoms with van der Waals surface area (Å²) < 4.78 is 6.68. The molecule has 2 nitrogen and oxygen atoms in total. The van der Waals surface area contributed by atoms with E-state index in [9.17, 15) is 0 Å². The average Bonchev–Trinajstić information content (AvgIpc) is 2.04. The van der Waals surface area contributed by atoms with Crippen molar-refractivity contribution in [2.24, 2.45) is 5.73 Å². The van der Waals surface area contributed by atoms with Gasteiger partial charge in [0.25, 0.3) is 0 Å². The molecular weight excluding hydrogens is 300 g/mol. The van der Waals surface area contributed by atoms with Crippen LogP contribution < -0.4 is 10.5 Å². The van der Waals surface area contributed by atoms with Gasteiger partial charge in [-0.15, -0.1) is 12.4 Å². The molecule has 0 saturated carbocycles. The van der Waals surface area contributed by atoms with Crippen molar-refractivity contribution in [3.8, 4) is 5.75 Å². The summed E-state index contributed by atoms with van der Waals surface area (Å²) in [7, 11) is 0. The van der Waals surface area contributed by atoms with Crippen LogP contribution in [-0.2, 0) is 0 Å². The molecule has 0 saturated heterocycles. The number of ether oxygens (including phenoxy) is 1. The second-order valence-electron chi connectivity index (χ2n) is 2.93. The van der Waals surface area contributed by atoms with Crippen molar-refractivity contribution in [3.05, 3.63) is 27.3 Å². The molecule has 0 amide bonds. The average molecular weight is 312 g/mol. The Balaban J connectivity index is 0.000000845. The summed E-state index contributed by atoms with van der Waals surface area (Å²) >= 11 is 2.27. The molecule has 0 aromatic heterocycles. The van der Waals surface area contributed by atoms with E-state index in [1.54, 1.807) is 0 Å². The van der Waals surface area contributed by atoms with E-state index in [-0.39, 0.29) is 18.4 Å². The van der Waals surface area contributed by atoms with Gasteiger partial charge in [-0.3, -0.25) is 0 Å². The van der Waals surface area contributed by atoms with E-state index in [0.717, 1.165) is 24.3 Å². The van der Waals surface area contributed by atoms with E-state index < -0.39 is 0 Å². The van der Waals surface area contributed by atoms with Gasteiger partial charge in [-0.1, -0.05) is 6.07 Å². The van der Waals surface area contributed by atoms with Crippen molar-refractivity contribution < 1.29 is 4.74 Å². The molecular formula is C9H11ClINO. The number of hydrogen-bond acceptors (Lipinski definition) is 2. The molecule has 0 fully saturated rings. The smallest absolute Gasteiger partial charge is 0.125 e. The minimum absolute atomic E-state index is 0. The quantitative estimate of drug-likeness (QED) is 0.747. The fraction of sp³-hybridized carbons (Fsp3) is 0.333. The Kier molecular flexibility index (Phi) is 3.82. The summed E-state index contributed by atoms with van der Waals surface area (Å²) in [5.74, 6) is 0.959. The Bertz CT molecular complexity index is 306. The van der Waals surface area contributed by atoms with Crippen LogP contribution in [0.2, 0.25) is 0 Å². The van der Waals surface area contributed by atoms with E-state index in [2.05, 4.69) is 34.7 Å². The van der Waals surface area contributed by atoms with E-state index in [1.807, 2.05) is 6.07 Å². The molecule has 1 aliphatic heterocycles. The lowest BCUT2D eigenvalue weighted by atomic mass is 10.0. The van der Waals surface area contributed by atoms with Gasteiger partial charge in [0.1, 0.15) is 5.75 Å². The Morgan fingerprint density at radius 1 is 1.46 bits per heavy atom. The SMILES string of the molecule is Cl.N[C@@H]1CCOc2cc(I)ccc21. The van der Waals surface area contributed by atoms with Gasteiger partial charge in [-0.05, 0) is 34.7 Å². The van der Waals surface area contributed by atoms with Crippen LogP contribution in [0, 0.1) is 3.57 Å². The summed E-state index contributed by atoms with van der Waals surface area (Å²) in [6.45, 7) is 0.744. The first-order valence-electron chi connectivity index (χ1n) is 3.95. The van der Waals surface area contributed by atoms with Crippen molar-refractivity contribution in [2.75, 3.05) is 6.61 Å². The lowest BCUT2D eigenvalue weighted by Gasteiger charge is -2.22. The first kappa shape index (κ1) is 11.1. The number of benzene rings is 1. The largest absolute Gasteiger partial charge is 0.493 e. The highest BCUT2D eigenvalue weighted by Gasteiger charge is 2.17. The van der Waals surface area contributed by atoms with Gasteiger partial charge in [0.15, 0.2) is 0 Å². The molecule has 0 unspecified atom stereocenters. The van der Waals surface area contributed by atoms with Crippen molar-refractivity contribution in [1.29, 1.82) is 0 Å². The molecule has 1 heterocycles. The van der Waals surface area contributed by atoms with Gasteiger partial charge in [0.05, 0.1) is 6.61 Å². The fourth-order valence-corrected chi connectivity index (χ4v) is 1.85. The predicted molar refractivity (Wildman–Crippen MR) is 63.4 cm³/mol. The second-order valence-corrected chi connectivity index (χ2v) is 4.17. The maximum Gasteiger partial charge on any atom is 0.125 e. The highest BCUT2D eigenvalue weighted by Crippen LogP contribution is 2.31. The lowest BCUT2D eigenvalue weighted by Crippen LogP contribution is -2.20. The number of fused-ring (bicyclic) bond motifs is 1. The summed E-state index contributed by atoms with van der Waals surface area (Å²) in [4.78, 5) is 0. The van der Waals surface area contributed by atoms with E-state index in [1.165, 1.54) is 3.57 Å². The monoisotopic (exact) mass is 311 g/mol. The second kappa shape index (κ2) is 4.48. The third-order valence-electron chi connectivity index (χ3n) is 2.06. The van der Waals surface area contributed by atoms with E-state index in [4.69, 9.17) is 10.5 Å². The molecule has 1 aromatic rings. The van der Waals surface area contributed by atoms with E-state index in [0.29, 0.717) is 0 Å². The van der Waals surface area contributed by atoms with Crippen LogP contribution in [-0.4, -0.2) is 6.61 Å². The number of nitrogens with two attached hydrogens (primary N) is 1. The Morgan fingerprint density at radius 3 is 3.00 bits per heavy atom. The van der Waals surface area contributed by atoms with Gasteiger partial charge in [-0.2, -0.15) is 0 Å². The Morgan fingerprint density at radius 2 is 2.23 bits per heavy atom. The third kappa shape index (κ3) is 2.27. The first-order valence-corrected chi connectivity index (χ1v) is 5.03. The molecule has 0 radical (unpaired) electrons. The summed E-state index contributed by atoms with van der Waals surface area (Å²) in [5, 5.41) is 0. The van der Waals surface area contributed by atoms with Crippen LogP contribution in [0.25, 0.3) is 0 Å². The standard InChI is InChI=1S/C9H10INO.ClH/c10-6-1-2-7-8(11)3-4-12-9(7)5-6;/h1-2,5,8H,3-4,11H2;1H/t8-;/m1./s1. The molecule has 72 valence electrons. The van der Waals surface area contributed by atoms with Gasteiger partial charge in [0.2, 0.25) is 0 Å². The minimum atomic E-state index is 0. The highest BCUT2D eigenvalue weighted by molar-refractivity contribution is 14.1. The highest BCUT2D eigenvalue weighted by atomic mass is 127. The van der Waals surface area contributed by atoms with Crippen molar-refractivity contribution in [3.63, 3.8) is 0 Å². The van der Waals surface area contributed by atoms with Crippen LogP contribution in [0.4, 0.5) is 0 Å². The molecule has 2 N–H and O–H groups in total. The molecule has 13 heavy (non-hydrogen) atoms. The summed E-state index contributed by atoms with van der Waals surface area (Å²) in [5.41, 5.74) is 7.05. The van der Waals surface area contributed by atoms with Crippen LogP contribution >= 0.6 is 35.0 Å². The van der Waals surface area contributed by atoms with Gasteiger partial charge >= 0.3 is 0 Å². The van der Waals surface area contributed by atoms with Crippen LogP contribution in [0.15, 0.2) is 18.2 Å². The molecule has 0 aliphatic carbocycles. The first-order chi connectivity index (χ1) is 5.77. The Hall–Kier alpha value is -0.000000000000000111. The normalized spacial score (nSPS) is 19.7. The molecule has 0 bridgehead atoms. The lowest BCUT2D eigenvalue weighted by molar-refractivity contribution is 0.269. The fourth-order valence-electron chi connectivity index (χ4n) is 1.39. The van der Waals surface area contributed by atoms with Crippen LogP contribution in [0.1, 0.15) is 18.0 Å². The number of hydrogen-bond donors (Lipinski definition) is 1. The topological polar surface area (TPSA) is 35.2 Å². The Labute approximate surface area is 97.4 Å².